The van der Waals surface area contributed by atoms with Crippen molar-refractivity contribution in [2.75, 3.05) is 0 Å². The van der Waals surface area contributed by atoms with Gasteiger partial charge in [-0.2, -0.15) is 14.0 Å². The molecule has 98 valence electrons. The van der Waals surface area contributed by atoms with Crippen LogP contribution in [0.4, 0.5) is 8.78 Å². The van der Waals surface area contributed by atoms with Gasteiger partial charge in [-0.15, -0.1) is 0 Å². The van der Waals surface area contributed by atoms with Gasteiger partial charge in [-0.1, -0.05) is 0 Å². The van der Waals surface area contributed by atoms with Gasteiger partial charge in [-0.25, -0.2) is 4.79 Å². The third-order valence-corrected chi connectivity index (χ3v) is 2.04. The van der Waals surface area contributed by atoms with Crippen LogP contribution in [0.25, 0.3) is 6.08 Å². The maximum atomic E-state index is 12.1. The highest BCUT2D eigenvalue weighted by atomic mass is 19.3. The Bertz CT molecular complexity index is 576. The largest absolute Gasteiger partial charge is 0.478 e. The number of hydrogen-bond donors (Lipinski definition) is 1. The van der Waals surface area contributed by atoms with E-state index in [9.17, 15) is 18.4 Å². The molecule has 0 aromatic heterocycles. The van der Waals surface area contributed by atoms with E-state index in [-0.39, 0.29) is 22.4 Å². The Morgan fingerprint density at radius 1 is 1.42 bits per heavy atom. The lowest BCUT2D eigenvalue weighted by molar-refractivity contribution is -0.131. The van der Waals surface area contributed by atoms with Gasteiger partial charge in [0.05, 0.1) is 5.56 Å². The third-order valence-electron chi connectivity index (χ3n) is 2.04. The summed E-state index contributed by atoms with van der Waals surface area (Å²) in [6, 6.07) is 3.74. The Labute approximate surface area is 106 Å². The number of aliphatic carboxylic acids is 1. The van der Waals surface area contributed by atoms with E-state index in [4.69, 9.17) is 10.4 Å². The Morgan fingerprint density at radius 2 is 2.05 bits per heavy atom. The van der Waals surface area contributed by atoms with E-state index in [2.05, 4.69) is 4.74 Å². The van der Waals surface area contributed by atoms with Gasteiger partial charge in [0, 0.05) is 11.6 Å². The number of rotatable bonds is 5. The van der Waals surface area contributed by atoms with Crippen LogP contribution in [0, 0.1) is 11.3 Å². The molecular formula is C12H7F2NO4. The van der Waals surface area contributed by atoms with E-state index in [0.717, 1.165) is 24.3 Å². The normalized spacial score (nSPS) is 10.4. The second-order valence-corrected chi connectivity index (χ2v) is 3.26. The molecule has 0 aliphatic heterocycles. The van der Waals surface area contributed by atoms with Gasteiger partial charge in [0.25, 0.3) is 0 Å². The van der Waals surface area contributed by atoms with Crippen LogP contribution < -0.4 is 4.74 Å². The quantitative estimate of drug-likeness (QED) is 0.651. The van der Waals surface area contributed by atoms with E-state index in [1.165, 1.54) is 0 Å². The zero-order valence-electron chi connectivity index (χ0n) is 9.34. The molecule has 0 spiro atoms. The third kappa shape index (κ3) is 3.89. The highest BCUT2D eigenvalue weighted by Gasteiger charge is 2.12. The molecule has 0 saturated carbocycles. The predicted octanol–water partition coefficient (Wildman–Crippen LogP) is 2.07. The first-order chi connectivity index (χ1) is 8.97. The summed E-state index contributed by atoms with van der Waals surface area (Å²) in [6.07, 6.45) is 2.04. The van der Waals surface area contributed by atoms with Crippen molar-refractivity contribution in [3.05, 3.63) is 34.9 Å². The summed E-state index contributed by atoms with van der Waals surface area (Å²) in [5.41, 5.74) is -0.273. The number of nitriles is 1. The molecular weight excluding hydrogens is 260 g/mol. The lowest BCUT2D eigenvalue weighted by Crippen LogP contribution is -2.04. The minimum absolute atomic E-state index is 0.00477. The van der Waals surface area contributed by atoms with Crippen LogP contribution in [0.2, 0.25) is 0 Å². The summed E-state index contributed by atoms with van der Waals surface area (Å²) in [4.78, 5) is 21.2. The van der Waals surface area contributed by atoms with Crippen molar-refractivity contribution in [3.8, 4) is 11.8 Å². The molecule has 0 unspecified atom stereocenters. The van der Waals surface area contributed by atoms with Crippen molar-refractivity contribution >= 4 is 18.3 Å². The van der Waals surface area contributed by atoms with Crippen molar-refractivity contribution in [1.82, 2.24) is 0 Å². The van der Waals surface area contributed by atoms with Gasteiger partial charge in [0.1, 0.15) is 11.8 Å². The number of halogens is 2. The van der Waals surface area contributed by atoms with Crippen molar-refractivity contribution in [3.63, 3.8) is 0 Å². The zero-order valence-corrected chi connectivity index (χ0v) is 9.34. The fourth-order valence-electron chi connectivity index (χ4n) is 1.34. The zero-order chi connectivity index (χ0) is 14.4. The van der Waals surface area contributed by atoms with E-state index < -0.39 is 12.6 Å². The van der Waals surface area contributed by atoms with Crippen LogP contribution in [-0.4, -0.2) is 24.0 Å². The van der Waals surface area contributed by atoms with E-state index in [0.29, 0.717) is 6.29 Å². The van der Waals surface area contributed by atoms with Gasteiger partial charge in [0.15, 0.2) is 6.29 Å². The molecule has 0 heterocycles. The molecule has 5 nitrogen and oxygen atoms in total. The highest BCUT2D eigenvalue weighted by molar-refractivity contribution is 5.88. The predicted molar refractivity (Wildman–Crippen MR) is 59.8 cm³/mol. The lowest BCUT2D eigenvalue weighted by Gasteiger charge is -2.08. The first-order valence-corrected chi connectivity index (χ1v) is 4.87. The number of carboxylic acids is 1. The number of carbonyl (C=O) groups excluding carboxylic acids is 1. The van der Waals surface area contributed by atoms with E-state index in [1.807, 2.05) is 0 Å². The molecule has 0 aliphatic rings. The topological polar surface area (TPSA) is 87.4 Å². The van der Waals surface area contributed by atoms with Gasteiger partial charge in [-0.05, 0) is 23.8 Å². The molecule has 0 aliphatic carbocycles. The van der Waals surface area contributed by atoms with Crippen molar-refractivity contribution in [2.24, 2.45) is 0 Å². The summed E-state index contributed by atoms with van der Waals surface area (Å²) in [5.74, 6) is -1.61. The Kier molecular flexibility index (Phi) is 4.71. The summed E-state index contributed by atoms with van der Waals surface area (Å²) in [7, 11) is 0. The maximum Gasteiger partial charge on any atom is 0.387 e. The first-order valence-electron chi connectivity index (χ1n) is 4.87. The molecule has 0 saturated heterocycles. The standard InChI is InChI=1S/C12H7F2NO4/c13-12(14)19-9-3-7(1-2-11(17)18)10(5-15)8(4-9)6-16/h1-4,6,12H,(H,17,18)/b2-1+. The molecule has 1 N–H and O–H groups in total. The molecule has 19 heavy (non-hydrogen) atoms. The maximum absolute atomic E-state index is 12.1. The summed E-state index contributed by atoms with van der Waals surface area (Å²) in [6.45, 7) is -3.09. The second-order valence-electron chi connectivity index (χ2n) is 3.26. The van der Waals surface area contributed by atoms with Crippen molar-refractivity contribution in [2.45, 2.75) is 6.61 Å². The number of nitrogens with zero attached hydrogens (tertiary/aromatic N) is 1. The Morgan fingerprint density at radius 3 is 2.53 bits per heavy atom. The molecule has 7 heteroatoms. The van der Waals surface area contributed by atoms with Crippen LogP contribution >= 0.6 is 0 Å². The molecule has 0 atom stereocenters. The number of aldehydes is 1. The number of carbonyl (C=O) groups is 2. The minimum Gasteiger partial charge on any atom is -0.478 e. The number of hydrogen-bond acceptors (Lipinski definition) is 4. The second kappa shape index (κ2) is 6.26. The molecule has 1 aromatic rings. The minimum atomic E-state index is -3.09. The van der Waals surface area contributed by atoms with Crippen LogP contribution in [0.3, 0.4) is 0 Å². The molecule has 0 amide bonds. The van der Waals surface area contributed by atoms with Crippen molar-refractivity contribution < 1.29 is 28.2 Å². The summed E-state index contributed by atoms with van der Waals surface area (Å²) < 4.78 is 28.3. The summed E-state index contributed by atoms with van der Waals surface area (Å²) >= 11 is 0. The monoisotopic (exact) mass is 267 g/mol. The fraction of sp³-hybridized carbons (Fsp3) is 0.0833. The number of alkyl halides is 2. The van der Waals surface area contributed by atoms with E-state index >= 15 is 0 Å². The summed E-state index contributed by atoms with van der Waals surface area (Å²) in [5, 5.41) is 17.4. The first kappa shape index (κ1) is 14.3. The van der Waals surface area contributed by atoms with Gasteiger partial charge >= 0.3 is 12.6 Å². The van der Waals surface area contributed by atoms with Crippen LogP contribution in [0.5, 0.6) is 5.75 Å². The number of carboxylic acid groups (broad SMARTS) is 1. The van der Waals surface area contributed by atoms with Gasteiger partial charge in [0.2, 0.25) is 0 Å². The fourth-order valence-corrected chi connectivity index (χ4v) is 1.34. The molecule has 0 bridgehead atoms. The average Bonchev–Trinajstić information content (AvgIpc) is 2.34. The molecule has 1 rings (SSSR count). The number of ether oxygens (including phenoxy) is 1. The van der Waals surface area contributed by atoms with E-state index in [1.54, 1.807) is 6.07 Å². The molecule has 0 fully saturated rings. The van der Waals surface area contributed by atoms with Crippen LogP contribution in [-0.2, 0) is 4.79 Å². The SMILES string of the molecule is N#Cc1c(C=O)cc(OC(F)F)cc1/C=C/C(=O)O. The number of benzene rings is 1. The Hall–Kier alpha value is -2.75. The van der Waals surface area contributed by atoms with Crippen LogP contribution in [0.15, 0.2) is 18.2 Å². The highest BCUT2D eigenvalue weighted by Crippen LogP contribution is 2.24. The molecule has 1 aromatic carbocycles. The lowest BCUT2D eigenvalue weighted by atomic mass is 10.0. The van der Waals surface area contributed by atoms with Gasteiger partial charge < -0.3 is 9.84 Å². The average molecular weight is 267 g/mol. The van der Waals surface area contributed by atoms with Crippen LogP contribution in [0.1, 0.15) is 21.5 Å². The van der Waals surface area contributed by atoms with Gasteiger partial charge in [-0.3, -0.25) is 4.79 Å². The molecule has 0 radical (unpaired) electrons. The Balaban J connectivity index is 3.36. The smallest absolute Gasteiger partial charge is 0.387 e. The van der Waals surface area contributed by atoms with Crippen molar-refractivity contribution in [1.29, 1.82) is 5.26 Å².